The van der Waals surface area contributed by atoms with Gasteiger partial charge in [-0.25, -0.2) is 13.2 Å². The zero-order valence-electron chi connectivity index (χ0n) is 21.0. The van der Waals surface area contributed by atoms with Crippen LogP contribution in [0.1, 0.15) is 17.7 Å². The Labute approximate surface area is 234 Å². The molecule has 3 aliphatic heterocycles. The molecule has 6 rings (SSSR count). The number of hydrogen-bond acceptors (Lipinski definition) is 8. The number of nitrogens with zero attached hydrogens (tertiary/aromatic N) is 3. The minimum atomic E-state index is -3.71. The smallest absolute Gasteiger partial charge is 0.330 e. The van der Waals surface area contributed by atoms with Crippen molar-refractivity contribution in [1.29, 1.82) is 0 Å². The van der Waals surface area contributed by atoms with Crippen molar-refractivity contribution in [3.8, 4) is 0 Å². The summed E-state index contributed by atoms with van der Waals surface area (Å²) >= 11 is 3.15. The van der Waals surface area contributed by atoms with Crippen molar-refractivity contribution in [1.82, 2.24) is 14.1 Å². The number of carbonyl (C=O) groups is 3. The van der Waals surface area contributed by atoms with Crippen LogP contribution in [0, 0.1) is 0 Å². The highest BCUT2D eigenvalue weighted by Gasteiger charge is 2.57. The Morgan fingerprint density at radius 1 is 1.00 bits per heavy atom. The number of thioether (sulfide) groups is 1. The van der Waals surface area contributed by atoms with Crippen LogP contribution < -0.4 is 0 Å². The van der Waals surface area contributed by atoms with Gasteiger partial charge in [0.25, 0.3) is 5.91 Å². The molecule has 12 heteroatoms. The van der Waals surface area contributed by atoms with Crippen molar-refractivity contribution < 1.29 is 27.5 Å². The van der Waals surface area contributed by atoms with Gasteiger partial charge in [0.15, 0.2) is 6.61 Å². The van der Waals surface area contributed by atoms with E-state index in [9.17, 15) is 22.8 Å². The summed E-state index contributed by atoms with van der Waals surface area (Å²) in [5.41, 5.74) is 0. The van der Waals surface area contributed by atoms with Crippen molar-refractivity contribution in [2.75, 3.05) is 38.5 Å². The first-order valence-electron chi connectivity index (χ1n) is 12.7. The summed E-state index contributed by atoms with van der Waals surface area (Å²) in [4.78, 5) is 42.4. The highest BCUT2D eigenvalue weighted by atomic mass is 32.2. The minimum absolute atomic E-state index is 0.0783. The normalized spacial score (nSPS) is 23.8. The number of hydrogen-bond donors (Lipinski definition) is 0. The van der Waals surface area contributed by atoms with Gasteiger partial charge in [-0.3, -0.25) is 9.59 Å². The van der Waals surface area contributed by atoms with Gasteiger partial charge < -0.3 is 14.5 Å². The average molecular weight is 586 g/mol. The van der Waals surface area contributed by atoms with Crippen LogP contribution in [0.2, 0.25) is 0 Å². The van der Waals surface area contributed by atoms with Crippen LogP contribution >= 0.6 is 23.1 Å². The number of carbonyl (C=O) groups excluding carboxylic acids is 3. The van der Waals surface area contributed by atoms with E-state index in [1.54, 1.807) is 46.2 Å². The second-order valence-electron chi connectivity index (χ2n) is 9.75. The molecule has 3 fully saturated rings. The predicted molar refractivity (Wildman–Crippen MR) is 149 cm³/mol. The molecule has 0 saturated carbocycles. The van der Waals surface area contributed by atoms with Crippen LogP contribution in [0.3, 0.4) is 0 Å². The SMILES string of the molecule is O=C(OCC(=O)N1CCN(S(=O)(=O)c2ccc3ccccc3c2)CC1)[C@H]1CS[C@]2(c3cccs3)CCC(=O)N12. The maximum absolute atomic E-state index is 13.2. The number of rotatable bonds is 6. The molecule has 2 amide bonds. The lowest BCUT2D eigenvalue weighted by molar-refractivity contribution is -0.158. The summed E-state index contributed by atoms with van der Waals surface area (Å²) in [5.74, 6) is -0.622. The van der Waals surface area contributed by atoms with E-state index in [0.717, 1.165) is 15.6 Å². The molecule has 0 aliphatic carbocycles. The van der Waals surface area contributed by atoms with Crippen LogP contribution in [0.4, 0.5) is 0 Å². The number of fused-ring (bicyclic) bond motifs is 2. The van der Waals surface area contributed by atoms with Crippen LogP contribution in [-0.4, -0.2) is 84.9 Å². The monoisotopic (exact) mass is 585 g/mol. The lowest BCUT2D eigenvalue weighted by atomic mass is 10.1. The molecule has 39 heavy (non-hydrogen) atoms. The molecule has 0 radical (unpaired) electrons. The number of thiophene rings is 1. The van der Waals surface area contributed by atoms with Gasteiger partial charge in [0.2, 0.25) is 15.9 Å². The zero-order valence-corrected chi connectivity index (χ0v) is 23.5. The van der Waals surface area contributed by atoms with E-state index in [-0.39, 0.29) is 42.9 Å². The molecule has 0 bridgehead atoms. The van der Waals surface area contributed by atoms with Crippen molar-refractivity contribution in [2.24, 2.45) is 0 Å². The molecule has 0 N–H and O–H groups in total. The van der Waals surface area contributed by atoms with Crippen molar-refractivity contribution in [3.05, 3.63) is 64.9 Å². The fourth-order valence-corrected chi connectivity index (χ4v) is 9.71. The molecule has 2 aromatic carbocycles. The quantitative estimate of drug-likeness (QED) is 0.410. The van der Waals surface area contributed by atoms with Crippen molar-refractivity contribution in [2.45, 2.75) is 28.6 Å². The first-order valence-corrected chi connectivity index (χ1v) is 16.0. The third-order valence-electron chi connectivity index (χ3n) is 7.59. The highest BCUT2D eigenvalue weighted by molar-refractivity contribution is 8.00. The molecule has 1 aromatic heterocycles. The van der Waals surface area contributed by atoms with Crippen molar-refractivity contribution in [3.63, 3.8) is 0 Å². The maximum atomic E-state index is 13.2. The molecule has 4 heterocycles. The number of ether oxygens (including phenoxy) is 1. The molecule has 0 unspecified atom stereocenters. The zero-order chi connectivity index (χ0) is 27.2. The van der Waals surface area contributed by atoms with E-state index in [2.05, 4.69) is 0 Å². The van der Waals surface area contributed by atoms with E-state index in [4.69, 9.17) is 4.74 Å². The van der Waals surface area contributed by atoms with Crippen molar-refractivity contribution >= 4 is 61.7 Å². The summed E-state index contributed by atoms with van der Waals surface area (Å²) in [6, 6.07) is 15.8. The van der Waals surface area contributed by atoms with E-state index < -0.39 is 33.5 Å². The molecule has 2 atom stereocenters. The third kappa shape index (κ3) is 4.62. The fraction of sp³-hybridized carbons (Fsp3) is 0.370. The second-order valence-corrected chi connectivity index (χ2v) is 13.9. The highest BCUT2D eigenvalue weighted by Crippen LogP contribution is 2.55. The van der Waals surface area contributed by atoms with E-state index >= 15 is 0 Å². The first-order chi connectivity index (χ1) is 18.8. The van der Waals surface area contributed by atoms with E-state index in [1.807, 2.05) is 41.8 Å². The van der Waals surface area contributed by atoms with E-state index in [1.165, 1.54) is 9.21 Å². The molecule has 3 aromatic rings. The molecule has 0 spiro atoms. The van der Waals surface area contributed by atoms with Crippen LogP contribution in [0.5, 0.6) is 0 Å². The van der Waals surface area contributed by atoms with Crippen LogP contribution in [0.25, 0.3) is 10.8 Å². The molecule has 3 aliphatic rings. The summed E-state index contributed by atoms with van der Waals surface area (Å²) < 4.78 is 33.2. The Morgan fingerprint density at radius 2 is 1.77 bits per heavy atom. The Kier molecular flexibility index (Phi) is 6.90. The number of benzene rings is 2. The summed E-state index contributed by atoms with van der Waals surface area (Å²) in [5, 5.41) is 3.77. The fourth-order valence-electron chi connectivity index (χ4n) is 5.54. The Morgan fingerprint density at radius 3 is 2.51 bits per heavy atom. The van der Waals surface area contributed by atoms with Crippen LogP contribution in [-0.2, 0) is 34.0 Å². The topological polar surface area (TPSA) is 104 Å². The lowest BCUT2D eigenvalue weighted by Crippen LogP contribution is -2.52. The Balaban J connectivity index is 1.05. The minimum Gasteiger partial charge on any atom is -0.454 e. The summed E-state index contributed by atoms with van der Waals surface area (Å²) in [6.07, 6.45) is 1.02. The number of piperazine rings is 1. The largest absolute Gasteiger partial charge is 0.454 e. The van der Waals surface area contributed by atoms with E-state index in [0.29, 0.717) is 18.6 Å². The molecule has 3 saturated heterocycles. The standard InChI is InChI=1S/C27H27N3O6S3/c31-24-9-10-27(23-6-3-15-37-23)30(24)22(18-38-27)26(33)36-17-25(32)28-11-13-29(14-12-28)39(34,35)21-8-7-19-4-1-2-5-20(19)16-21/h1-8,15-16,22H,9-14,17-18H2/t22-,27+/m1/s1. The third-order valence-corrected chi connectivity index (χ3v) is 12.2. The number of esters is 1. The molecular weight excluding hydrogens is 559 g/mol. The lowest BCUT2D eigenvalue weighted by Gasteiger charge is -2.34. The second kappa shape index (κ2) is 10.2. The molecular formula is C27H27N3O6S3. The van der Waals surface area contributed by atoms with Crippen LogP contribution in [0.15, 0.2) is 64.9 Å². The average Bonchev–Trinajstić information content (AvgIpc) is 3.70. The number of amides is 2. The van der Waals surface area contributed by atoms with Gasteiger partial charge in [-0.15, -0.1) is 23.1 Å². The Bertz CT molecular complexity index is 1540. The Hall–Kier alpha value is -2.93. The van der Waals surface area contributed by atoms with Gasteiger partial charge >= 0.3 is 5.97 Å². The maximum Gasteiger partial charge on any atom is 0.330 e. The van der Waals surface area contributed by atoms with Gasteiger partial charge in [-0.1, -0.05) is 36.4 Å². The van der Waals surface area contributed by atoms with Gasteiger partial charge in [0.1, 0.15) is 10.9 Å². The van der Waals surface area contributed by atoms with Gasteiger partial charge in [-0.05, 0) is 40.8 Å². The van der Waals surface area contributed by atoms with Gasteiger partial charge in [0, 0.05) is 43.2 Å². The van der Waals surface area contributed by atoms with Gasteiger partial charge in [0.05, 0.1) is 4.90 Å². The molecule has 9 nitrogen and oxygen atoms in total. The summed E-state index contributed by atoms with van der Waals surface area (Å²) in [7, 11) is -3.71. The molecule has 204 valence electrons. The summed E-state index contributed by atoms with van der Waals surface area (Å²) in [6.45, 7) is 0.272. The number of sulfonamides is 1. The first kappa shape index (κ1) is 26.3. The predicted octanol–water partition coefficient (Wildman–Crippen LogP) is 2.87. The van der Waals surface area contributed by atoms with Gasteiger partial charge in [-0.2, -0.15) is 4.31 Å².